The van der Waals surface area contributed by atoms with Gasteiger partial charge in [-0.1, -0.05) is 0 Å². The molecule has 0 amide bonds. The van der Waals surface area contributed by atoms with Crippen molar-refractivity contribution in [3.8, 4) is 0 Å². The van der Waals surface area contributed by atoms with E-state index >= 15 is 0 Å². The van der Waals surface area contributed by atoms with Gasteiger partial charge in [-0.3, -0.25) is 0 Å². The molecule has 0 radical (unpaired) electrons. The zero-order valence-electron chi connectivity index (χ0n) is 10.9. The van der Waals surface area contributed by atoms with Crippen molar-refractivity contribution in [3.05, 3.63) is 45.4 Å². The van der Waals surface area contributed by atoms with Crippen molar-refractivity contribution in [1.29, 1.82) is 0 Å². The van der Waals surface area contributed by atoms with E-state index in [4.69, 9.17) is 4.42 Å². The van der Waals surface area contributed by atoms with Crippen molar-refractivity contribution in [1.82, 2.24) is 4.98 Å². The van der Waals surface area contributed by atoms with Gasteiger partial charge in [-0.15, -0.1) is 0 Å². The van der Waals surface area contributed by atoms with Crippen LogP contribution < -0.4 is 5.63 Å². The number of nitrogens with one attached hydrogen (secondary N) is 1. The molecule has 0 saturated carbocycles. The smallest absolute Gasteiger partial charge is 0.336 e. The predicted molar refractivity (Wildman–Crippen MR) is 75.7 cm³/mol. The van der Waals surface area contributed by atoms with E-state index in [0.29, 0.717) is 5.58 Å². The van der Waals surface area contributed by atoms with Crippen LogP contribution in [0.15, 0.2) is 27.4 Å². The molecule has 1 aliphatic rings. The molecule has 0 spiro atoms. The molecule has 2 aromatic heterocycles. The highest BCUT2D eigenvalue weighted by molar-refractivity contribution is 6.08. The first-order valence-corrected chi connectivity index (χ1v) is 6.81. The maximum Gasteiger partial charge on any atom is 0.336 e. The molecular formula is C16H15NO2. The second-order valence-corrected chi connectivity index (χ2v) is 5.40. The van der Waals surface area contributed by atoms with E-state index in [2.05, 4.69) is 11.9 Å². The van der Waals surface area contributed by atoms with Gasteiger partial charge in [-0.2, -0.15) is 0 Å². The minimum atomic E-state index is -0.282. The van der Waals surface area contributed by atoms with Crippen molar-refractivity contribution >= 4 is 21.9 Å². The molecule has 1 aromatic carbocycles. The Morgan fingerprint density at radius 3 is 2.95 bits per heavy atom. The Morgan fingerprint density at radius 2 is 2.05 bits per heavy atom. The van der Waals surface area contributed by atoms with Gasteiger partial charge in [-0.05, 0) is 55.9 Å². The zero-order valence-corrected chi connectivity index (χ0v) is 10.9. The summed E-state index contributed by atoms with van der Waals surface area (Å²) in [5, 5.41) is 2.31. The van der Waals surface area contributed by atoms with Crippen LogP contribution in [0.3, 0.4) is 0 Å². The summed E-state index contributed by atoms with van der Waals surface area (Å²) in [5.74, 6) is 0. The van der Waals surface area contributed by atoms with Gasteiger partial charge < -0.3 is 9.40 Å². The molecule has 1 aliphatic carbocycles. The van der Waals surface area contributed by atoms with Crippen molar-refractivity contribution in [2.75, 3.05) is 0 Å². The first kappa shape index (κ1) is 10.9. The van der Waals surface area contributed by atoms with E-state index in [1.165, 1.54) is 41.1 Å². The van der Waals surface area contributed by atoms with Crippen molar-refractivity contribution in [2.24, 2.45) is 0 Å². The van der Waals surface area contributed by atoms with Gasteiger partial charge in [0.1, 0.15) is 5.58 Å². The SMILES string of the molecule is Cc1cc2oc(=O)ccc2c2c3c([nH]c12)CCCC3. The van der Waals surface area contributed by atoms with Gasteiger partial charge in [-0.25, -0.2) is 4.79 Å². The number of aryl methyl sites for hydroxylation is 3. The van der Waals surface area contributed by atoms with Crippen LogP contribution in [0.1, 0.15) is 29.7 Å². The minimum Gasteiger partial charge on any atom is -0.423 e. The highest BCUT2D eigenvalue weighted by Crippen LogP contribution is 2.35. The summed E-state index contributed by atoms with van der Waals surface area (Å²) in [6.45, 7) is 2.07. The first-order valence-electron chi connectivity index (χ1n) is 6.81. The number of aromatic amines is 1. The number of hydrogen-bond acceptors (Lipinski definition) is 2. The third-order valence-electron chi connectivity index (χ3n) is 4.17. The van der Waals surface area contributed by atoms with Gasteiger partial charge in [0.05, 0.1) is 0 Å². The number of fused-ring (bicyclic) bond motifs is 5. The molecule has 2 heterocycles. The van der Waals surface area contributed by atoms with Crippen molar-refractivity contribution in [2.45, 2.75) is 32.6 Å². The average Bonchev–Trinajstić information content (AvgIpc) is 2.79. The molecule has 96 valence electrons. The number of benzene rings is 1. The van der Waals surface area contributed by atoms with E-state index < -0.39 is 0 Å². The summed E-state index contributed by atoms with van der Waals surface area (Å²) in [6, 6.07) is 5.37. The molecule has 4 rings (SSSR count). The molecule has 0 aliphatic heterocycles. The van der Waals surface area contributed by atoms with Crippen LogP contribution in [0.2, 0.25) is 0 Å². The van der Waals surface area contributed by atoms with Gasteiger partial charge in [0, 0.05) is 28.0 Å². The largest absolute Gasteiger partial charge is 0.423 e. The van der Waals surface area contributed by atoms with Crippen molar-refractivity contribution < 1.29 is 4.42 Å². The lowest BCUT2D eigenvalue weighted by molar-refractivity contribution is 0.561. The lowest BCUT2D eigenvalue weighted by Gasteiger charge is -2.11. The molecule has 3 aromatic rings. The minimum absolute atomic E-state index is 0.282. The predicted octanol–water partition coefficient (Wildman–Crippen LogP) is 3.46. The van der Waals surface area contributed by atoms with Gasteiger partial charge in [0.2, 0.25) is 0 Å². The topological polar surface area (TPSA) is 46.0 Å². The monoisotopic (exact) mass is 253 g/mol. The van der Waals surface area contributed by atoms with Gasteiger partial charge in [0.25, 0.3) is 0 Å². The first-order chi connectivity index (χ1) is 9.24. The molecular weight excluding hydrogens is 238 g/mol. The van der Waals surface area contributed by atoms with Gasteiger partial charge in [0.15, 0.2) is 0 Å². The third-order valence-corrected chi connectivity index (χ3v) is 4.17. The molecule has 0 saturated heterocycles. The summed E-state index contributed by atoms with van der Waals surface area (Å²) < 4.78 is 5.34. The Bertz CT molecular complexity index is 854. The summed E-state index contributed by atoms with van der Waals surface area (Å²) in [7, 11) is 0. The molecule has 0 atom stereocenters. The van der Waals surface area contributed by atoms with Crippen LogP contribution in [-0.4, -0.2) is 4.98 Å². The number of H-pyrrole nitrogens is 1. The maximum absolute atomic E-state index is 11.4. The second kappa shape index (κ2) is 3.73. The molecule has 19 heavy (non-hydrogen) atoms. The van der Waals surface area contributed by atoms with Crippen molar-refractivity contribution in [3.63, 3.8) is 0 Å². The van der Waals surface area contributed by atoms with Crippen LogP contribution in [-0.2, 0) is 12.8 Å². The summed E-state index contributed by atoms with van der Waals surface area (Å²) in [6.07, 6.45) is 4.74. The Balaban J connectivity index is 2.24. The lowest BCUT2D eigenvalue weighted by Crippen LogP contribution is -2.00. The highest BCUT2D eigenvalue weighted by atomic mass is 16.4. The molecule has 0 unspecified atom stereocenters. The Morgan fingerprint density at radius 1 is 1.21 bits per heavy atom. The summed E-state index contributed by atoms with van der Waals surface area (Å²) in [4.78, 5) is 15.0. The van der Waals surface area contributed by atoms with Gasteiger partial charge >= 0.3 is 5.63 Å². The normalized spacial score (nSPS) is 15.0. The highest BCUT2D eigenvalue weighted by Gasteiger charge is 2.19. The zero-order chi connectivity index (χ0) is 13.0. The summed E-state index contributed by atoms with van der Waals surface area (Å²) in [5.41, 5.74) is 5.55. The quantitative estimate of drug-likeness (QED) is 0.624. The average molecular weight is 253 g/mol. The van der Waals surface area contributed by atoms with E-state index in [9.17, 15) is 4.79 Å². The van der Waals surface area contributed by atoms with Crippen LogP contribution >= 0.6 is 0 Å². The van der Waals surface area contributed by atoms with Crippen LogP contribution in [0.25, 0.3) is 21.9 Å². The Hall–Kier alpha value is -2.03. The fraction of sp³-hybridized carbons (Fsp3) is 0.312. The molecule has 3 heteroatoms. The Labute approximate surface area is 110 Å². The number of hydrogen-bond donors (Lipinski definition) is 1. The molecule has 0 fully saturated rings. The second-order valence-electron chi connectivity index (χ2n) is 5.40. The molecule has 3 nitrogen and oxygen atoms in total. The molecule has 0 bridgehead atoms. The number of rotatable bonds is 0. The van der Waals surface area contributed by atoms with E-state index in [-0.39, 0.29) is 5.63 Å². The summed E-state index contributed by atoms with van der Waals surface area (Å²) >= 11 is 0. The maximum atomic E-state index is 11.4. The van der Waals surface area contributed by atoms with Crippen LogP contribution in [0.4, 0.5) is 0 Å². The Kier molecular flexibility index (Phi) is 2.13. The molecule has 1 N–H and O–H groups in total. The standard InChI is InChI=1S/C16H15NO2/c1-9-8-13-11(6-7-14(18)19-13)15-10-4-2-3-5-12(10)17-16(9)15/h6-8,17H,2-5H2,1H3. The lowest BCUT2D eigenvalue weighted by atomic mass is 9.94. The van der Waals surface area contributed by atoms with E-state index in [1.807, 2.05) is 12.1 Å². The van der Waals surface area contributed by atoms with Crippen LogP contribution in [0.5, 0.6) is 0 Å². The fourth-order valence-electron chi connectivity index (χ4n) is 3.29. The third kappa shape index (κ3) is 1.47. The number of aromatic nitrogens is 1. The fourth-order valence-corrected chi connectivity index (χ4v) is 3.29. The van der Waals surface area contributed by atoms with E-state index in [1.54, 1.807) is 0 Å². The van der Waals surface area contributed by atoms with Crippen LogP contribution in [0, 0.1) is 6.92 Å². The van der Waals surface area contributed by atoms with E-state index in [0.717, 1.165) is 23.8 Å².